The van der Waals surface area contributed by atoms with Gasteiger partial charge in [-0.1, -0.05) is 49.9 Å². The molecule has 3 heteroatoms. The minimum atomic E-state index is -0.713. The Bertz CT molecular complexity index is 397. The predicted octanol–water partition coefficient (Wildman–Crippen LogP) is 2.61. The van der Waals surface area contributed by atoms with Crippen molar-refractivity contribution >= 4 is 0 Å². The largest absolute Gasteiger partial charge is 0.388 e. The number of hydrogen-bond donors (Lipinski definition) is 3. The molecule has 0 spiro atoms. The van der Waals surface area contributed by atoms with Gasteiger partial charge < -0.3 is 15.9 Å². The Balaban J connectivity index is 2.21. The lowest BCUT2D eigenvalue weighted by atomic mass is 9.85. The maximum Gasteiger partial charge on any atom is 0.0896 e. The van der Waals surface area contributed by atoms with E-state index in [1.54, 1.807) is 0 Å². The highest BCUT2D eigenvalue weighted by atomic mass is 16.3. The molecule has 1 aliphatic carbocycles. The van der Waals surface area contributed by atoms with Gasteiger partial charge in [0.2, 0.25) is 0 Å². The van der Waals surface area contributed by atoms with Gasteiger partial charge >= 0.3 is 0 Å². The Morgan fingerprint density at radius 1 is 1.16 bits per heavy atom. The number of benzene rings is 1. The van der Waals surface area contributed by atoms with Crippen LogP contribution >= 0.6 is 0 Å². The SMILES string of the molecule is NCCC(O)c1cccc(C2(O)CCCCCC2)c1. The summed E-state index contributed by atoms with van der Waals surface area (Å²) >= 11 is 0. The van der Waals surface area contributed by atoms with Crippen LogP contribution in [0.2, 0.25) is 0 Å². The summed E-state index contributed by atoms with van der Waals surface area (Å²) in [5.74, 6) is 0. The average Bonchev–Trinajstić information content (AvgIpc) is 2.65. The Kier molecular flexibility index (Phi) is 4.97. The standard InChI is InChI=1S/C16H25NO2/c17-11-8-15(18)13-6-5-7-14(12-13)16(19)9-3-1-2-4-10-16/h5-7,12,15,18-19H,1-4,8-11,17H2. The van der Waals surface area contributed by atoms with Gasteiger partial charge in [-0.2, -0.15) is 0 Å². The van der Waals surface area contributed by atoms with Crippen molar-refractivity contribution in [1.82, 2.24) is 0 Å². The molecule has 0 radical (unpaired) electrons. The van der Waals surface area contributed by atoms with Crippen molar-refractivity contribution in [3.05, 3.63) is 35.4 Å². The summed E-state index contributed by atoms with van der Waals surface area (Å²) in [6.45, 7) is 0.468. The number of aliphatic hydroxyl groups excluding tert-OH is 1. The van der Waals surface area contributed by atoms with E-state index in [4.69, 9.17) is 5.73 Å². The Morgan fingerprint density at radius 3 is 2.47 bits per heavy atom. The van der Waals surface area contributed by atoms with Gasteiger partial charge in [0.25, 0.3) is 0 Å². The lowest BCUT2D eigenvalue weighted by Crippen LogP contribution is -2.25. The summed E-state index contributed by atoms with van der Waals surface area (Å²) in [7, 11) is 0. The minimum Gasteiger partial charge on any atom is -0.388 e. The third kappa shape index (κ3) is 3.56. The second kappa shape index (κ2) is 6.51. The van der Waals surface area contributed by atoms with Crippen LogP contribution < -0.4 is 5.73 Å². The normalized spacial score (nSPS) is 20.8. The highest BCUT2D eigenvalue weighted by molar-refractivity contribution is 5.29. The molecule has 19 heavy (non-hydrogen) atoms. The monoisotopic (exact) mass is 263 g/mol. The summed E-state index contributed by atoms with van der Waals surface area (Å²) in [6, 6.07) is 7.76. The van der Waals surface area contributed by atoms with Crippen molar-refractivity contribution in [1.29, 1.82) is 0 Å². The van der Waals surface area contributed by atoms with E-state index < -0.39 is 11.7 Å². The van der Waals surface area contributed by atoms with Gasteiger partial charge in [0.1, 0.15) is 0 Å². The lowest BCUT2D eigenvalue weighted by Gasteiger charge is -2.28. The van der Waals surface area contributed by atoms with Crippen LogP contribution in [0.25, 0.3) is 0 Å². The maximum absolute atomic E-state index is 10.9. The van der Waals surface area contributed by atoms with Gasteiger partial charge in [-0.05, 0) is 36.9 Å². The Morgan fingerprint density at radius 2 is 1.84 bits per heavy atom. The fraction of sp³-hybridized carbons (Fsp3) is 0.625. The van der Waals surface area contributed by atoms with Gasteiger partial charge in [0.05, 0.1) is 11.7 Å². The van der Waals surface area contributed by atoms with E-state index in [1.807, 2.05) is 24.3 Å². The van der Waals surface area contributed by atoms with Crippen molar-refractivity contribution in [3.63, 3.8) is 0 Å². The molecule has 1 unspecified atom stereocenters. The molecule has 0 saturated heterocycles. The first kappa shape index (κ1) is 14.5. The average molecular weight is 263 g/mol. The summed E-state index contributed by atoms with van der Waals surface area (Å²) in [5, 5.41) is 20.9. The molecule has 0 amide bonds. The fourth-order valence-electron chi connectivity index (χ4n) is 2.96. The van der Waals surface area contributed by atoms with E-state index >= 15 is 0 Å². The van der Waals surface area contributed by atoms with Crippen LogP contribution in [-0.2, 0) is 5.60 Å². The topological polar surface area (TPSA) is 66.5 Å². The van der Waals surface area contributed by atoms with Crippen LogP contribution in [0, 0.1) is 0 Å². The number of rotatable bonds is 4. The van der Waals surface area contributed by atoms with E-state index in [9.17, 15) is 10.2 Å². The van der Waals surface area contributed by atoms with Crippen molar-refractivity contribution in [2.45, 2.75) is 56.7 Å². The van der Waals surface area contributed by atoms with Gasteiger partial charge in [0, 0.05) is 0 Å². The third-order valence-electron chi connectivity index (χ3n) is 4.18. The zero-order valence-electron chi connectivity index (χ0n) is 11.5. The van der Waals surface area contributed by atoms with Crippen LogP contribution in [-0.4, -0.2) is 16.8 Å². The maximum atomic E-state index is 10.9. The number of aliphatic hydroxyl groups is 2. The summed E-state index contributed by atoms with van der Waals surface area (Å²) in [4.78, 5) is 0. The zero-order chi connectivity index (χ0) is 13.7. The van der Waals surface area contributed by atoms with Crippen LogP contribution in [0.1, 0.15) is 62.2 Å². The second-order valence-electron chi connectivity index (χ2n) is 5.66. The highest BCUT2D eigenvalue weighted by Crippen LogP contribution is 2.36. The first-order chi connectivity index (χ1) is 9.15. The Hall–Kier alpha value is -0.900. The predicted molar refractivity (Wildman–Crippen MR) is 76.7 cm³/mol. The molecule has 4 N–H and O–H groups in total. The van der Waals surface area contributed by atoms with Gasteiger partial charge in [0.15, 0.2) is 0 Å². The van der Waals surface area contributed by atoms with Crippen LogP contribution in [0.5, 0.6) is 0 Å². The van der Waals surface area contributed by atoms with Crippen molar-refractivity contribution in [2.24, 2.45) is 5.73 Å². The van der Waals surface area contributed by atoms with Gasteiger partial charge in [-0.15, -0.1) is 0 Å². The van der Waals surface area contributed by atoms with Crippen molar-refractivity contribution in [2.75, 3.05) is 6.54 Å². The lowest BCUT2D eigenvalue weighted by molar-refractivity contribution is 0.0204. The zero-order valence-corrected chi connectivity index (χ0v) is 11.5. The van der Waals surface area contributed by atoms with E-state index in [0.29, 0.717) is 13.0 Å². The van der Waals surface area contributed by atoms with Crippen LogP contribution in [0.3, 0.4) is 0 Å². The summed E-state index contributed by atoms with van der Waals surface area (Å²) < 4.78 is 0. The summed E-state index contributed by atoms with van der Waals surface area (Å²) in [5.41, 5.74) is 6.58. The molecule has 3 nitrogen and oxygen atoms in total. The van der Waals surface area contributed by atoms with Crippen LogP contribution in [0.15, 0.2) is 24.3 Å². The molecule has 1 saturated carbocycles. The first-order valence-electron chi connectivity index (χ1n) is 7.37. The Labute approximate surface area is 115 Å². The van der Waals surface area contributed by atoms with E-state index in [1.165, 1.54) is 12.8 Å². The fourth-order valence-corrected chi connectivity index (χ4v) is 2.96. The van der Waals surface area contributed by atoms with Gasteiger partial charge in [-0.3, -0.25) is 0 Å². The van der Waals surface area contributed by atoms with Crippen molar-refractivity contribution < 1.29 is 10.2 Å². The molecular formula is C16H25NO2. The van der Waals surface area contributed by atoms with E-state index in [-0.39, 0.29) is 0 Å². The minimum absolute atomic E-state index is 0.468. The molecule has 2 rings (SSSR count). The molecule has 0 bridgehead atoms. The highest BCUT2D eigenvalue weighted by Gasteiger charge is 2.30. The molecule has 1 aromatic carbocycles. The molecule has 106 valence electrons. The molecule has 0 aromatic heterocycles. The number of nitrogens with two attached hydrogens (primary N) is 1. The molecule has 0 aliphatic heterocycles. The smallest absolute Gasteiger partial charge is 0.0896 e. The molecule has 1 aromatic rings. The first-order valence-corrected chi connectivity index (χ1v) is 7.37. The molecule has 0 heterocycles. The molecular weight excluding hydrogens is 238 g/mol. The quantitative estimate of drug-likeness (QED) is 0.732. The van der Waals surface area contributed by atoms with Crippen molar-refractivity contribution in [3.8, 4) is 0 Å². The molecule has 1 fully saturated rings. The van der Waals surface area contributed by atoms with E-state index in [2.05, 4.69) is 0 Å². The van der Waals surface area contributed by atoms with E-state index in [0.717, 1.165) is 36.8 Å². The third-order valence-corrected chi connectivity index (χ3v) is 4.18. The second-order valence-corrected chi connectivity index (χ2v) is 5.66. The van der Waals surface area contributed by atoms with Gasteiger partial charge in [-0.25, -0.2) is 0 Å². The van der Waals surface area contributed by atoms with Crippen LogP contribution in [0.4, 0.5) is 0 Å². The number of hydrogen-bond acceptors (Lipinski definition) is 3. The molecule has 1 aliphatic rings. The molecule has 1 atom stereocenters. The summed E-state index contributed by atoms with van der Waals surface area (Å²) in [6.07, 6.45) is 6.24.